The summed E-state index contributed by atoms with van der Waals surface area (Å²) in [6, 6.07) is 8.06. The Bertz CT molecular complexity index is 707. The summed E-state index contributed by atoms with van der Waals surface area (Å²) in [7, 11) is 0. The lowest BCUT2D eigenvalue weighted by molar-refractivity contribution is 0.0210. The molecule has 4 N–H and O–H groups in total. The Labute approximate surface area is 119 Å². The van der Waals surface area contributed by atoms with Crippen molar-refractivity contribution in [3.63, 3.8) is 0 Å². The van der Waals surface area contributed by atoms with Crippen molar-refractivity contribution in [3.8, 4) is 23.0 Å². The van der Waals surface area contributed by atoms with Crippen LogP contribution in [0.15, 0.2) is 36.4 Å². The Hall–Kier alpha value is -2.73. The molecule has 0 amide bonds. The van der Waals surface area contributed by atoms with Gasteiger partial charge in [-0.05, 0) is 17.7 Å². The summed E-state index contributed by atoms with van der Waals surface area (Å²) >= 11 is 0. The smallest absolute Gasteiger partial charge is 0.202 e. The number of phenols is 3. The van der Waals surface area contributed by atoms with Crippen molar-refractivity contribution in [1.29, 1.82) is 0 Å². The first-order chi connectivity index (χ1) is 9.97. The van der Waals surface area contributed by atoms with Crippen LogP contribution in [0, 0.1) is 0 Å². The summed E-state index contributed by atoms with van der Waals surface area (Å²) in [4.78, 5) is 12.2. The van der Waals surface area contributed by atoms with E-state index in [9.17, 15) is 25.2 Å². The molecule has 1 heterocycles. The number of carbonyl (C=O) groups is 1. The topological polar surface area (TPSA) is 107 Å². The molecule has 3 rings (SSSR count). The van der Waals surface area contributed by atoms with Crippen LogP contribution in [0.4, 0.5) is 0 Å². The minimum Gasteiger partial charge on any atom is -0.508 e. The third-order valence-corrected chi connectivity index (χ3v) is 3.34. The van der Waals surface area contributed by atoms with E-state index >= 15 is 0 Å². The molecule has 1 aliphatic rings. The normalized spacial score (nSPS) is 20.7. The molecule has 0 aromatic heterocycles. The molecule has 0 aliphatic carbocycles. The van der Waals surface area contributed by atoms with Crippen molar-refractivity contribution in [2.45, 2.75) is 12.2 Å². The fourth-order valence-corrected chi connectivity index (χ4v) is 2.33. The lowest BCUT2D eigenvalue weighted by Gasteiger charge is -2.30. The molecule has 6 heteroatoms. The summed E-state index contributed by atoms with van der Waals surface area (Å²) in [5, 5.41) is 38.5. The summed E-state index contributed by atoms with van der Waals surface area (Å²) in [6.45, 7) is 0. The van der Waals surface area contributed by atoms with Gasteiger partial charge in [-0.15, -0.1) is 0 Å². The number of aromatic hydroxyl groups is 3. The maximum absolute atomic E-state index is 12.2. The molecule has 0 fully saturated rings. The molecule has 2 unspecified atom stereocenters. The number of hydrogen-bond donors (Lipinski definition) is 4. The molecule has 0 saturated heterocycles. The van der Waals surface area contributed by atoms with Crippen molar-refractivity contribution in [3.05, 3.63) is 47.5 Å². The SMILES string of the molecule is O=C1c2c(O)cc(O)cc2OC(c2ccc(O)cc2)C1O. The van der Waals surface area contributed by atoms with Gasteiger partial charge in [0.2, 0.25) is 5.78 Å². The fourth-order valence-electron chi connectivity index (χ4n) is 2.33. The number of ketones is 1. The van der Waals surface area contributed by atoms with Gasteiger partial charge in [0.25, 0.3) is 0 Å². The number of ether oxygens (including phenoxy) is 1. The van der Waals surface area contributed by atoms with Crippen LogP contribution in [0.1, 0.15) is 22.0 Å². The number of aliphatic hydroxyl groups excluding tert-OH is 1. The molecular formula is C15H12O6. The second kappa shape index (κ2) is 4.68. The molecule has 6 nitrogen and oxygen atoms in total. The molecule has 2 aromatic carbocycles. The van der Waals surface area contributed by atoms with Crippen molar-refractivity contribution < 1.29 is 30.0 Å². The predicted octanol–water partition coefficient (Wildman–Crippen LogP) is 1.48. The fraction of sp³-hybridized carbons (Fsp3) is 0.133. The molecule has 108 valence electrons. The van der Waals surface area contributed by atoms with Gasteiger partial charge in [0, 0.05) is 12.1 Å². The molecular weight excluding hydrogens is 276 g/mol. The van der Waals surface area contributed by atoms with Gasteiger partial charge < -0.3 is 25.2 Å². The van der Waals surface area contributed by atoms with Crippen LogP contribution in [-0.2, 0) is 0 Å². The largest absolute Gasteiger partial charge is 0.508 e. The van der Waals surface area contributed by atoms with E-state index in [1.54, 1.807) is 0 Å². The van der Waals surface area contributed by atoms with E-state index in [4.69, 9.17) is 4.74 Å². The second-order valence-electron chi connectivity index (χ2n) is 4.78. The average molecular weight is 288 g/mol. The first-order valence-electron chi connectivity index (χ1n) is 6.21. The van der Waals surface area contributed by atoms with Gasteiger partial charge in [-0.2, -0.15) is 0 Å². The zero-order valence-corrected chi connectivity index (χ0v) is 10.7. The quantitative estimate of drug-likeness (QED) is 0.633. The highest BCUT2D eigenvalue weighted by Crippen LogP contribution is 2.41. The Morgan fingerprint density at radius 1 is 0.952 bits per heavy atom. The van der Waals surface area contributed by atoms with Gasteiger partial charge >= 0.3 is 0 Å². The van der Waals surface area contributed by atoms with E-state index in [-0.39, 0.29) is 22.8 Å². The highest BCUT2D eigenvalue weighted by molar-refractivity contribution is 6.05. The zero-order chi connectivity index (χ0) is 15.1. The lowest BCUT2D eigenvalue weighted by atomic mass is 9.93. The van der Waals surface area contributed by atoms with Gasteiger partial charge in [-0.1, -0.05) is 12.1 Å². The van der Waals surface area contributed by atoms with E-state index in [0.29, 0.717) is 5.56 Å². The molecule has 2 atom stereocenters. The Kier molecular flexibility index (Phi) is 2.95. The molecule has 0 radical (unpaired) electrons. The zero-order valence-electron chi connectivity index (χ0n) is 10.7. The number of hydrogen-bond acceptors (Lipinski definition) is 6. The van der Waals surface area contributed by atoms with Crippen LogP contribution in [0.3, 0.4) is 0 Å². The van der Waals surface area contributed by atoms with Crippen LogP contribution in [0.25, 0.3) is 0 Å². The van der Waals surface area contributed by atoms with Crippen molar-refractivity contribution in [2.24, 2.45) is 0 Å². The molecule has 2 aromatic rings. The van der Waals surface area contributed by atoms with Gasteiger partial charge in [0.15, 0.2) is 12.2 Å². The van der Waals surface area contributed by atoms with E-state index in [1.165, 1.54) is 30.3 Å². The summed E-state index contributed by atoms with van der Waals surface area (Å²) in [6.07, 6.45) is -2.47. The highest BCUT2D eigenvalue weighted by atomic mass is 16.5. The van der Waals surface area contributed by atoms with Crippen LogP contribution in [0.5, 0.6) is 23.0 Å². The third-order valence-electron chi connectivity index (χ3n) is 3.34. The standard InChI is InChI=1S/C15H12O6/c16-8-3-1-7(2-4-8)15-14(20)13(19)12-10(18)5-9(17)6-11(12)21-15/h1-6,14-18,20H. The molecule has 21 heavy (non-hydrogen) atoms. The van der Waals surface area contributed by atoms with Crippen LogP contribution in [0.2, 0.25) is 0 Å². The molecule has 1 aliphatic heterocycles. The number of benzene rings is 2. The highest BCUT2D eigenvalue weighted by Gasteiger charge is 2.39. The maximum atomic E-state index is 12.2. The first kappa shape index (κ1) is 13.3. The predicted molar refractivity (Wildman–Crippen MR) is 71.6 cm³/mol. The van der Waals surface area contributed by atoms with Crippen LogP contribution >= 0.6 is 0 Å². The third kappa shape index (κ3) is 2.15. The summed E-state index contributed by atoms with van der Waals surface area (Å²) in [5.74, 6) is -1.34. The molecule has 0 saturated carbocycles. The van der Waals surface area contributed by atoms with Crippen molar-refractivity contribution >= 4 is 5.78 Å². The number of phenolic OH excluding ortho intramolecular Hbond substituents is 3. The number of carbonyl (C=O) groups excluding carboxylic acids is 1. The Morgan fingerprint density at radius 3 is 2.29 bits per heavy atom. The first-order valence-corrected chi connectivity index (χ1v) is 6.21. The van der Waals surface area contributed by atoms with E-state index < -0.39 is 23.7 Å². The minimum absolute atomic E-state index is 0.000810. The van der Waals surface area contributed by atoms with Crippen molar-refractivity contribution in [1.82, 2.24) is 0 Å². The monoisotopic (exact) mass is 288 g/mol. The van der Waals surface area contributed by atoms with Crippen LogP contribution < -0.4 is 4.74 Å². The Morgan fingerprint density at radius 2 is 1.62 bits per heavy atom. The number of rotatable bonds is 1. The summed E-state index contributed by atoms with van der Waals surface area (Å²) in [5.41, 5.74) is 0.331. The second-order valence-corrected chi connectivity index (χ2v) is 4.78. The number of Topliss-reactive ketones (excluding diaryl/α,β-unsaturated/α-hetero) is 1. The van der Waals surface area contributed by atoms with Gasteiger partial charge in [0.05, 0.1) is 0 Å². The summed E-state index contributed by atoms with van der Waals surface area (Å²) < 4.78 is 5.53. The molecule has 0 bridgehead atoms. The van der Waals surface area contributed by atoms with E-state index in [2.05, 4.69) is 0 Å². The number of aliphatic hydroxyl groups is 1. The van der Waals surface area contributed by atoms with E-state index in [1.807, 2.05) is 0 Å². The number of fused-ring (bicyclic) bond motifs is 1. The minimum atomic E-state index is -1.49. The van der Waals surface area contributed by atoms with Crippen LogP contribution in [-0.4, -0.2) is 32.3 Å². The Balaban J connectivity index is 2.07. The van der Waals surface area contributed by atoms with Gasteiger partial charge in [-0.25, -0.2) is 0 Å². The lowest BCUT2D eigenvalue weighted by Crippen LogP contribution is -2.36. The van der Waals surface area contributed by atoms with E-state index in [0.717, 1.165) is 6.07 Å². The van der Waals surface area contributed by atoms with Gasteiger partial charge in [-0.3, -0.25) is 4.79 Å². The van der Waals surface area contributed by atoms with Crippen molar-refractivity contribution in [2.75, 3.05) is 0 Å². The average Bonchev–Trinajstić information content (AvgIpc) is 2.43. The van der Waals surface area contributed by atoms with Gasteiger partial charge in [0.1, 0.15) is 28.6 Å². The molecule has 0 spiro atoms. The maximum Gasteiger partial charge on any atom is 0.202 e.